The maximum absolute atomic E-state index is 11.6. The van der Waals surface area contributed by atoms with Crippen LogP contribution in [0.5, 0.6) is 0 Å². The Labute approximate surface area is 150 Å². The molecule has 2 aromatic heterocycles. The number of nitrogens with one attached hydrogen (secondary N) is 2. The van der Waals surface area contributed by atoms with Crippen molar-refractivity contribution in [2.75, 3.05) is 10.6 Å². The number of hydrogen-bond donors (Lipinski definition) is 2. The van der Waals surface area contributed by atoms with E-state index in [1.807, 2.05) is 38.1 Å². The lowest BCUT2D eigenvalue weighted by Crippen LogP contribution is -2.08. The first-order chi connectivity index (χ1) is 12.5. The van der Waals surface area contributed by atoms with Crippen molar-refractivity contribution in [2.24, 2.45) is 0 Å². The van der Waals surface area contributed by atoms with Gasteiger partial charge in [0.25, 0.3) is 0 Å². The van der Waals surface area contributed by atoms with E-state index in [1.54, 1.807) is 18.5 Å². The monoisotopic (exact) mass is 350 g/mol. The van der Waals surface area contributed by atoms with E-state index in [0.717, 1.165) is 22.4 Å². The summed E-state index contributed by atoms with van der Waals surface area (Å²) in [7, 11) is 0. The Morgan fingerprint density at radius 3 is 2.65 bits per heavy atom. The largest absolute Gasteiger partial charge is 0.360 e. The Morgan fingerprint density at radius 1 is 1.15 bits per heavy atom. The average Bonchev–Trinajstić information content (AvgIpc) is 2.63. The molecule has 0 aliphatic heterocycles. The second-order valence-electron chi connectivity index (χ2n) is 5.83. The van der Waals surface area contributed by atoms with Crippen LogP contribution in [0.2, 0.25) is 0 Å². The highest BCUT2D eigenvalue weighted by molar-refractivity contribution is 5.74. The number of anilines is 3. The van der Waals surface area contributed by atoms with Crippen molar-refractivity contribution >= 4 is 23.0 Å². The number of rotatable bonds is 6. The fourth-order valence-corrected chi connectivity index (χ4v) is 2.54. The number of aromatic nitrogens is 3. The van der Waals surface area contributed by atoms with Crippen molar-refractivity contribution < 1.29 is 4.92 Å². The van der Waals surface area contributed by atoms with E-state index in [1.165, 1.54) is 6.33 Å². The first-order valence-electron chi connectivity index (χ1n) is 8.01. The van der Waals surface area contributed by atoms with Gasteiger partial charge in [-0.2, -0.15) is 0 Å². The third-order valence-electron chi connectivity index (χ3n) is 3.82. The van der Waals surface area contributed by atoms with Gasteiger partial charge in [-0.3, -0.25) is 15.1 Å². The standard InChI is InChI=1S/C18H18N6O2/c1-12-5-6-15(13(2)8-12)23-18-16(24(25)26)17(21-11-22-18)20-10-14-4-3-7-19-9-14/h3-9,11H,10H2,1-2H3,(H2,20,21,22,23). The molecule has 8 nitrogen and oxygen atoms in total. The summed E-state index contributed by atoms with van der Waals surface area (Å²) in [6, 6.07) is 9.49. The van der Waals surface area contributed by atoms with Crippen LogP contribution in [0.1, 0.15) is 16.7 Å². The molecule has 3 rings (SSSR count). The highest BCUT2D eigenvalue weighted by Gasteiger charge is 2.23. The third-order valence-corrected chi connectivity index (χ3v) is 3.82. The van der Waals surface area contributed by atoms with Gasteiger partial charge in [-0.05, 0) is 37.1 Å². The van der Waals surface area contributed by atoms with Crippen LogP contribution in [0.15, 0.2) is 49.1 Å². The smallest absolute Gasteiger partial charge is 0.353 e. The second-order valence-corrected chi connectivity index (χ2v) is 5.83. The molecule has 3 aromatic rings. The van der Waals surface area contributed by atoms with Crippen molar-refractivity contribution in [1.29, 1.82) is 0 Å². The van der Waals surface area contributed by atoms with Crippen LogP contribution in [0.3, 0.4) is 0 Å². The Bertz CT molecular complexity index is 930. The van der Waals surface area contributed by atoms with E-state index in [4.69, 9.17) is 0 Å². The summed E-state index contributed by atoms with van der Waals surface area (Å²) in [5.41, 5.74) is 3.54. The molecule has 0 amide bonds. The van der Waals surface area contributed by atoms with Crippen LogP contribution in [0.25, 0.3) is 0 Å². The number of benzene rings is 1. The fraction of sp³-hybridized carbons (Fsp3) is 0.167. The molecule has 0 bridgehead atoms. The van der Waals surface area contributed by atoms with Crippen molar-refractivity contribution in [1.82, 2.24) is 15.0 Å². The van der Waals surface area contributed by atoms with Gasteiger partial charge in [-0.1, -0.05) is 23.8 Å². The van der Waals surface area contributed by atoms with Gasteiger partial charge in [0.2, 0.25) is 11.6 Å². The van der Waals surface area contributed by atoms with Gasteiger partial charge in [0.15, 0.2) is 0 Å². The molecule has 0 unspecified atom stereocenters. The molecule has 2 N–H and O–H groups in total. The van der Waals surface area contributed by atoms with Crippen LogP contribution >= 0.6 is 0 Å². The van der Waals surface area contributed by atoms with Crippen LogP contribution in [0.4, 0.5) is 23.0 Å². The average molecular weight is 350 g/mol. The quantitative estimate of drug-likeness (QED) is 0.515. The number of nitro groups is 1. The minimum absolute atomic E-state index is 0.144. The van der Waals surface area contributed by atoms with E-state index in [9.17, 15) is 10.1 Å². The molecule has 0 fully saturated rings. The Balaban J connectivity index is 1.89. The van der Waals surface area contributed by atoms with Crippen LogP contribution in [0, 0.1) is 24.0 Å². The van der Waals surface area contributed by atoms with E-state index < -0.39 is 4.92 Å². The van der Waals surface area contributed by atoms with Gasteiger partial charge >= 0.3 is 5.69 Å². The number of hydrogen-bond acceptors (Lipinski definition) is 7. The maximum Gasteiger partial charge on any atom is 0.353 e. The summed E-state index contributed by atoms with van der Waals surface area (Å²) in [4.78, 5) is 23.2. The van der Waals surface area contributed by atoms with E-state index >= 15 is 0 Å². The summed E-state index contributed by atoms with van der Waals surface area (Å²) in [6.07, 6.45) is 4.65. The lowest BCUT2D eigenvalue weighted by atomic mass is 10.1. The van der Waals surface area contributed by atoms with Gasteiger partial charge in [0.05, 0.1) is 4.92 Å². The molecule has 8 heteroatoms. The minimum Gasteiger partial charge on any atom is -0.360 e. The number of pyridine rings is 1. The van der Waals surface area contributed by atoms with Crippen LogP contribution < -0.4 is 10.6 Å². The van der Waals surface area contributed by atoms with Crippen molar-refractivity contribution in [3.05, 3.63) is 75.9 Å². The molecule has 0 atom stereocenters. The van der Waals surface area contributed by atoms with Gasteiger partial charge in [-0.15, -0.1) is 0 Å². The van der Waals surface area contributed by atoms with Crippen molar-refractivity contribution in [3.63, 3.8) is 0 Å². The van der Waals surface area contributed by atoms with Gasteiger partial charge < -0.3 is 10.6 Å². The zero-order chi connectivity index (χ0) is 18.5. The van der Waals surface area contributed by atoms with E-state index in [-0.39, 0.29) is 17.3 Å². The topological polar surface area (TPSA) is 106 Å². The number of aryl methyl sites for hydroxylation is 2. The third kappa shape index (κ3) is 3.92. The molecule has 26 heavy (non-hydrogen) atoms. The zero-order valence-corrected chi connectivity index (χ0v) is 14.4. The Morgan fingerprint density at radius 2 is 1.96 bits per heavy atom. The summed E-state index contributed by atoms with van der Waals surface area (Å²) < 4.78 is 0. The highest BCUT2D eigenvalue weighted by Crippen LogP contribution is 2.32. The Kier molecular flexibility index (Phi) is 5.02. The summed E-state index contributed by atoms with van der Waals surface area (Å²) in [5.74, 6) is 0.298. The molecule has 1 aromatic carbocycles. The zero-order valence-electron chi connectivity index (χ0n) is 14.4. The predicted molar refractivity (Wildman–Crippen MR) is 99.4 cm³/mol. The van der Waals surface area contributed by atoms with Gasteiger partial charge in [0.1, 0.15) is 6.33 Å². The first-order valence-corrected chi connectivity index (χ1v) is 8.01. The molecule has 0 spiro atoms. The molecule has 2 heterocycles. The van der Waals surface area contributed by atoms with Crippen LogP contribution in [-0.4, -0.2) is 19.9 Å². The fourth-order valence-electron chi connectivity index (χ4n) is 2.54. The van der Waals surface area contributed by atoms with Gasteiger partial charge in [-0.25, -0.2) is 9.97 Å². The van der Waals surface area contributed by atoms with Crippen LogP contribution in [-0.2, 0) is 6.54 Å². The molecule has 0 radical (unpaired) electrons. The summed E-state index contributed by atoms with van der Waals surface area (Å²) in [6.45, 7) is 4.29. The summed E-state index contributed by atoms with van der Waals surface area (Å²) >= 11 is 0. The lowest BCUT2D eigenvalue weighted by Gasteiger charge is -2.12. The lowest BCUT2D eigenvalue weighted by molar-refractivity contribution is -0.383. The molecule has 0 aliphatic rings. The summed E-state index contributed by atoms with van der Waals surface area (Å²) in [5, 5.41) is 17.6. The molecule has 0 saturated heterocycles. The van der Waals surface area contributed by atoms with E-state index in [2.05, 4.69) is 25.6 Å². The second kappa shape index (κ2) is 7.56. The van der Waals surface area contributed by atoms with Crippen molar-refractivity contribution in [3.8, 4) is 0 Å². The molecule has 132 valence electrons. The van der Waals surface area contributed by atoms with E-state index in [0.29, 0.717) is 6.54 Å². The normalized spacial score (nSPS) is 10.4. The Hall–Kier alpha value is -3.55. The van der Waals surface area contributed by atoms with Gasteiger partial charge in [0, 0.05) is 24.6 Å². The molecule has 0 aliphatic carbocycles. The first kappa shape index (κ1) is 17.3. The molecular formula is C18H18N6O2. The molecule has 0 saturated carbocycles. The molecular weight excluding hydrogens is 332 g/mol. The predicted octanol–water partition coefficient (Wildman–Crippen LogP) is 3.75. The SMILES string of the molecule is Cc1ccc(Nc2ncnc(NCc3cccnc3)c2[N+](=O)[O-])c(C)c1. The highest BCUT2D eigenvalue weighted by atomic mass is 16.6. The number of nitrogens with zero attached hydrogens (tertiary/aromatic N) is 4. The van der Waals surface area contributed by atoms with Crippen molar-refractivity contribution in [2.45, 2.75) is 20.4 Å². The minimum atomic E-state index is -0.489. The maximum atomic E-state index is 11.6.